The van der Waals surface area contributed by atoms with E-state index < -0.39 is 6.36 Å². The van der Waals surface area contributed by atoms with E-state index in [4.69, 9.17) is 0 Å². The van der Waals surface area contributed by atoms with Gasteiger partial charge in [-0.15, -0.1) is 25.6 Å². The number of para-hydroxylation sites is 1. The van der Waals surface area contributed by atoms with Crippen molar-refractivity contribution in [1.29, 1.82) is 0 Å². The van der Waals surface area contributed by atoms with Gasteiger partial charge in [0.2, 0.25) is 5.91 Å². The topological polar surface area (TPSA) is 41.6 Å². The average molecular weight is 395 g/mol. The largest absolute Gasteiger partial charge is 0.573 e. The third kappa shape index (κ3) is 7.41. The Labute approximate surface area is 158 Å². The third-order valence-corrected chi connectivity index (χ3v) is 4.46. The minimum absolute atomic E-state index is 0. The molecule has 0 saturated carbocycles. The van der Waals surface area contributed by atoms with Crippen LogP contribution in [0.15, 0.2) is 24.3 Å². The Morgan fingerprint density at radius 1 is 1.27 bits per heavy atom. The van der Waals surface area contributed by atoms with Gasteiger partial charge in [-0.05, 0) is 49.9 Å². The molecule has 0 aromatic heterocycles. The van der Waals surface area contributed by atoms with Crippen molar-refractivity contribution in [1.82, 2.24) is 10.2 Å². The van der Waals surface area contributed by atoms with Gasteiger partial charge in [0.1, 0.15) is 5.75 Å². The zero-order valence-electron chi connectivity index (χ0n) is 14.8. The van der Waals surface area contributed by atoms with Crippen molar-refractivity contribution < 1.29 is 22.7 Å². The van der Waals surface area contributed by atoms with Gasteiger partial charge in [-0.1, -0.05) is 25.1 Å². The molecule has 1 fully saturated rings. The lowest BCUT2D eigenvalue weighted by Gasteiger charge is -2.32. The first-order valence-corrected chi connectivity index (χ1v) is 8.71. The zero-order chi connectivity index (χ0) is 18.3. The lowest BCUT2D eigenvalue weighted by Crippen LogP contribution is -2.40. The lowest BCUT2D eigenvalue weighted by molar-refractivity contribution is -0.274. The second-order valence-electron chi connectivity index (χ2n) is 6.29. The number of aryl methyl sites for hydroxylation is 1. The minimum atomic E-state index is -4.73. The van der Waals surface area contributed by atoms with Crippen molar-refractivity contribution >= 4 is 18.3 Å². The first kappa shape index (κ1) is 22.6. The SMILES string of the molecule is CCNCC1CCN(C(=O)CCc2ccccc2OC(F)(F)F)CC1.Cl. The number of benzene rings is 1. The summed E-state index contributed by atoms with van der Waals surface area (Å²) in [4.78, 5) is 14.2. The number of hydrogen-bond acceptors (Lipinski definition) is 3. The molecule has 0 atom stereocenters. The predicted octanol–water partition coefficient (Wildman–Crippen LogP) is 3.79. The van der Waals surface area contributed by atoms with Crippen LogP contribution >= 0.6 is 12.4 Å². The van der Waals surface area contributed by atoms with Crippen molar-refractivity contribution in [3.63, 3.8) is 0 Å². The van der Waals surface area contributed by atoms with Crippen LogP contribution in [0.4, 0.5) is 13.2 Å². The lowest BCUT2D eigenvalue weighted by atomic mass is 9.96. The summed E-state index contributed by atoms with van der Waals surface area (Å²) >= 11 is 0. The molecule has 1 aromatic carbocycles. The smallest absolute Gasteiger partial charge is 0.406 e. The van der Waals surface area contributed by atoms with Gasteiger partial charge in [-0.25, -0.2) is 0 Å². The Balaban J connectivity index is 0.00000338. The van der Waals surface area contributed by atoms with Crippen molar-refractivity contribution in [3.05, 3.63) is 29.8 Å². The first-order valence-electron chi connectivity index (χ1n) is 8.71. The maximum Gasteiger partial charge on any atom is 0.573 e. The van der Waals surface area contributed by atoms with Crippen molar-refractivity contribution in [2.24, 2.45) is 5.92 Å². The Kier molecular flexibility index (Phi) is 9.22. The summed E-state index contributed by atoms with van der Waals surface area (Å²) in [5.74, 6) is 0.348. The second-order valence-corrected chi connectivity index (χ2v) is 6.29. The monoisotopic (exact) mass is 394 g/mol. The second kappa shape index (κ2) is 10.6. The predicted molar refractivity (Wildman–Crippen MR) is 96.5 cm³/mol. The van der Waals surface area contributed by atoms with Crippen molar-refractivity contribution in [2.75, 3.05) is 26.2 Å². The maximum atomic E-state index is 12.4. The van der Waals surface area contributed by atoms with Gasteiger partial charge in [0, 0.05) is 19.5 Å². The molecule has 4 nitrogen and oxygen atoms in total. The summed E-state index contributed by atoms with van der Waals surface area (Å²) < 4.78 is 41.3. The van der Waals surface area contributed by atoms with Crippen molar-refractivity contribution in [3.8, 4) is 5.75 Å². The average Bonchev–Trinajstić information content (AvgIpc) is 2.58. The maximum absolute atomic E-state index is 12.4. The Morgan fingerprint density at radius 3 is 2.54 bits per heavy atom. The van der Waals surface area contributed by atoms with E-state index in [0.29, 0.717) is 11.5 Å². The molecule has 0 spiro atoms. The van der Waals surface area contributed by atoms with E-state index in [1.807, 2.05) is 4.90 Å². The minimum Gasteiger partial charge on any atom is -0.406 e. The molecule has 1 saturated heterocycles. The molecule has 0 radical (unpaired) electrons. The van der Waals surface area contributed by atoms with Crippen LogP contribution in [0.25, 0.3) is 0 Å². The quantitative estimate of drug-likeness (QED) is 0.765. The highest BCUT2D eigenvalue weighted by Gasteiger charge is 2.32. The van der Waals surface area contributed by atoms with Crippen molar-refractivity contribution in [2.45, 2.75) is 39.0 Å². The van der Waals surface area contributed by atoms with Gasteiger partial charge in [0.25, 0.3) is 0 Å². The number of amides is 1. The molecule has 0 bridgehead atoms. The molecule has 148 valence electrons. The summed E-state index contributed by atoms with van der Waals surface area (Å²) in [5, 5.41) is 3.32. The molecule has 0 unspecified atom stereocenters. The van der Waals surface area contributed by atoms with Crippen LogP contribution in [0, 0.1) is 5.92 Å². The highest BCUT2D eigenvalue weighted by molar-refractivity contribution is 5.85. The van der Waals surface area contributed by atoms with Crippen LogP contribution in [0.3, 0.4) is 0 Å². The summed E-state index contributed by atoms with van der Waals surface area (Å²) in [6.07, 6.45) is -2.37. The number of hydrogen-bond donors (Lipinski definition) is 1. The van der Waals surface area contributed by atoms with Gasteiger partial charge in [-0.2, -0.15) is 0 Å². The molecule has 1 heterocycles. The molecule has 1 aliphatic heterocycles. The fourth-order valence-corrected chi connectivity index (χ4v) is 3.07. The highest BCUT2D eigenvalue weighted by atomic mass is 35.5. The number of halogens is 4. The number of alkyl halides is 3. The van der Waals surface area contributed by atoms with E-state index in [0.717, 1.165) is 39.0 Å². The summed E-state index contributed by atoms with van der Waals surface area (Å²) in [5.41, 5.74) is 0.398. The fraction of sp³-hybridized carbons (Fsp3) is 0.611. The molecule has 0 aliphatic carbocycles. The van der Waals surface area contributed by atoms with Gasteiger partial charge >= 0.3 is 6.36 Å². The van der Waals surface area contributed by atoms with E-state index in [1.54, 1.807) is 12.1 Å². The van der Waals surface area contributed by atoms with E-state index in [-0.39, 0.29) is 36.9 Å². The summed E-state index contributed by atoms with van der Waals surface area (Å²) in [6.45, 7) is 5.42. The number of nitrogens with zero attached hydrogens (tertiary/aromatic N) is 1. The van der Waals surface area contributed by atoms with Gasteiger partial charge in [-0.3, -0.25) is 4.79 Å². The molecule has 1 N–H and O–H groups in total. The van der Waals surface area contributed by atoms with Crippen LogP contribution in [-0.2, 0) is 11.2 Å². The van der Waals surface area contributed by atoms with Gasteiger partial charge in [0.05, 0.1) is 0 Å². The number of likely N-dealkylation sites (tertiary alicyclic amines) is 1. The number of carbonyl (C=O) groups is 1. The standard InChI is InChI=1S/C18H25F3N2O2.ClH/c1-2-22-13-14-9-11-23(12-10-14)17(24)8-7-15-5-3-4-6-16(15)25-18(19,20)21;/h3-6,14,22H,2,7-13H2,1H3;1H. The number of ether oxygens (including phenoxy) is 1. The Hall–Kier alpha value is -1.47. The first-order chi connectivity index (χ1) is 11.9. The van der Waals surface area contributed by atoms with Crippen LogP contribution in [0.2, 0.25) is 0 Å². The van der Waals surface area contributed by atoms with Crippen LogP contribution in [0.5, 0.6) is 5.75 Å². The van der Waals surface area contributed by atoms with E-state index >= 15 is 0 Å². The van der Waals surface area contributed by atoms with Crippen LogP contribution in [-0.4, -0.2) is 43.3 Å². The Bertz CT molecular complexity index is 562. The normalized spacial score (nSPS) is 15.5. The fourth-order valence-electron chi connectivity index (χ4n) is 3.07. The van der Waals surface area contributed by atoms with E-state index in [2.05, 4.69) is 17.0 Å². The Morgan fingerprint density at radius 2 is 1.92 bits per heavy atom. The third-order valence-electron chi connectivity index (χ3n) is 4.46. The molecule has 1 amide bonds. The zero-order valence-corrected chi connectivity index (χ0v) is 15.7. The summed E-state index contributed by atoms with van der Waals surface area (Å²) in [6, 6.07) is 5.98. The molecular formula is C18H26ClF3N2O2. The van der Waals surface area contributed by atoms with Crippen LogP contribution < -0.4 is 10.1 Å². The number of rotatable bonds is 7. The molecule has 26 heavy (non-hydrogen) atoms. The molecule has 2 rings (SSSR count). The number of piperidine rings is 1. The molecule has 1 aliphatic rings. The number of carbonyl (C=O) groups excluding carboxylic acids is 1. The van der Waals surface area contributed by atoms with Crippen LogP contribution in [0.1, 0.15) is 31.7 Å². The van der Waals surface area contributed by atoms with E-state index in [9.17, 15) is 18.0 Å². The highest BCUT2D eigenvalue weighted by Crippen LogP contribution is 2.27. The number of nitrogens with one attached hydrogen (secondary N) is 1. The van der Waals surface area contributed by atoms with Gasteiger partial charge in [0.15, 0.2) is 0 Å². The summed E-state index contributed by atoms with van der Waals surface area (Å²) in [7, 11) is 0. The molecular weight excluding hydrogens is 369 g/mol. The molecule has 8 heteroatoms. The van der Waals surface area contributed by atoms with E-state index in [1.165, 1.54) is 12.1 Å². The molecule has 1 aromatic rings. The van der Waals surface area contributed by atoms with Gasteiger partial charge < -0.3 is 15.0 Å².